The Bertz CT molecular complexity index is 875. The van der Waals surface area contributed by atoms with E-state index in [2.05, 4.69) is 9.97 Å². The van der Waals surface area contributed by atoms with Gasteiger partial charge in [-0.15, -0.1) is 11.3 Å². The summed E-state index contributed by atoms with van der Waals surface area (Å²) in [6.07, 6.45) is 5.05. The van der Waals surface area contributed by atoms with Crippen molar-refractivity contribution in [1.82, 2.24) is 14.5 Å². The average Bonchev–Trinajstić information content (AvgIpc) is 2.79. The quantitative estimate of drug-likeness (QED) is 0.738. The zero-order valence-electron chi connectivity index (χ0n) is 10.5. The van der Waals surface area contributed by atoms with Gasteiger partial charge in [0.1, 0.15) is 15.9 Å². The van der Waals surface area contributed by atoms with Gasteiger partial charge in [-0.3, -0.25) is 9.36 Å². The predicted molar refractivity (Wildman–Crippen MR) is 79.2 cm³/mol. The lowest BCUT2D eigenvalue weighted by Crippen LogP contribution is -2.17. The molecule has 0 fully saturated rings. The van der Waals surface area contributed by atoms with Crippen LogP contribution in [0.15, 0.2) is 29.5 Å². The summed E-state index contributed by atoms with van der Waals surface area (Å²) in [6, 6.07) is 1.72. The van der Waals surface area contributed by atoms with Gasteiger partial charge in [-0.05, 0) is 19.9 Å². The molecule has 2 N–H and O–H groups in total. The molecule has 19 heavy (non-hydrogen) atoms. The molecule has 0 spiro atoms. The first kappa shape index (κ1) is 11.9. The lowest BCUT2D eigenvalue weighted by Gasteiger charge is -2.03. The van der Waals surface area contributed by atoms with Crippen molar-refractivity contribution in [3.8, 4) is 0 Å². The molecule has 0 aliphatic heterocycles. The molecule has 0 saturated heterocycles. The number of hydrogen-bond acceptors (Lipinski definition) is 5. The molecule has 0 atom stereocenters. The van der Waals surface area contributed by atoms with Gasteiger partial charge < -0.3 is 5.73 Å². The molecule has 0 amide bonds. The molecule has 5 nitrogen and oxygen atoms in total. The number of pyridine rings is 1. The van der Waals surface area contributed by atoms with Crippen molar-refractivity contribution < 1.29 is 0 Å². The normalized spacial score (nSPS) is 12.4. The third-order valence-electron chi connectivity index (χ3n) is 3.11. The number of rotatable bonds is 1. The molecular weight excluding hydrogens is 260 g/mol. The Hall–Kier alpha value is -2.21. The molecule has 0 aliphatic rings. The van der Waals surface area contributed by atoms with Crippen LogP contribution >= 0.6 is 11.3 Å². The van der Waals surface area contributed by atoms with Crippen LogP contribution in [-0.2, 0) is 0 Å². The van der Waals surface area contributed by atoms with Gasteiger partial charge in [-0.1, -0.05) is 6.08 Å². The molecule has 0 radical (unpaired) electrons. The summed E-state index contributed by atoms with van der Waals surface area (Å²) in [4.78, 5) is 21.8. The van der Waals surface area contributed by atoms with Crippen molar-refractivity contribution in [2.45, 2.75) is 13.8 Å². The first-order valence-electron chi connectivity index (χ1n) is 5.81. The van der Waals surface area contributed by atoms with Crippen LogP contribution < -0.4 is 11.3 Å². The molecule has 6 heteroatoms. The van der Waals surface area contributed by atoms with Gasteiger partial charge in [-0.2, -0.15) is 0 Å². The summed E-state index contributed by atoms with van der Waals surface area (Å²) in [5.74, 6) is 0. The lowest BCUT2D eigenvalue weighted by atomic mass is 10.2. The number of nitrogens with zero attached hydrogens (tertiary/aromatic N) is 3. The van der Waals surface area contributed by atoms with Crippen molar-refractivity contribution in [3.63, 3.8) is 0 Å². The summed E-state index contributed by atoms with van der Waals surface area (Å²) in [5.41, 5.74) is 7.95. The van der Waals surface area contributed by atoms with E-state index < -0.39 is 0 Å². The smallest absolute Gasteiger partial charge is 0.275 e. The zero-order valence-corrected chi connectivity index (χ0v) is 11.4. The van der Waals surface area contributed by atoms with E-state index >= 15 is 0 Å². The van der Waals surface area contributed by atoms with Crippen molar-refractivity contribution in [3.05, 3.63) is 35.0 Å². The van der Waals surface area contributed by atoms with Gasteiger partial charge in [0.25, 0.3) is 5.56 Å². The van der Waals surface area contributed by atoms with Crippen LogP contribution in [0.4, 0.5) is 5.69 Å². The highest BCUT2D eigenvalue weighted by Gasteiger charge is 2.14. The van der Waals surface area contributed by atoms with E-state index in [1.165, 1.54) is 15.9 Å². The van der Waals surface area contributed by atoms with Crippen LogP contribution in [0.25, 0.3) is 26.1 Å². The molecule has 0 aromatic carbocycles. The van der Waals surface area contributed by atoms with Crippen molar-refractivity contribution in [2.24, 2.45) is 0 Å². The second-order valence-electron chi connectivity index (χ2n) is 4.21. The van der Waals surface area contributed by atoms with Crippen LogP contribution in [0, 0.1) is 0 Å². The highest BCUT2D eigenvalue weighted by atomic mass is 32.1. The number of allylic oxidation sites excluding steroid dienone is 2. The van der Waals surface area contributed by atoms with Crippen LogP contribution in [0.1, 0.15) is 13.8 Å². The molecule has 96 valence electrons. The minimum absolute atomic E-state index is 0.0806. The fourth-order valence-electron chi connectivity index (χ4n) is 1.97. The number of nitrogens with two attached hydrogens (primary N) is 1. The lowest BCUT2D eigenvalue weighted by molar-refractivity contribution is 0.981. The van der Waals surface area contributed by atoms with E-state index in [9.17, 15) is 4.79 Å². The SMILES string of the molecule is C/C=C(\C)n1cnc2c(sc3nccc(N)c32)c1=O. The van der Waals surface area contributed by atoms with Crippen LogP contribution in [0.5, 0.6) is 0 Å². The fourth-order valence-corrected chi connectivity index (χ4v) is 3.03. The van der Waals surface area contributed by atoms with E-state index in [-0.39, 0.29) is 5.56 Å². The summed E-state index contributed by atoms with van der Waals surface area (Å²) in [6.45, 7) is 3.76. The van der Waals surface area contributed by atoms with E-state index in [0.717, 1.165) is 15.9 Å². The standard InChI is InChI=1S/C13H12N4OS/c1-3-7(2)17-6-16-10-9-8(14)4-5-15-12(9)19-11(10)13(17)18/h3-6H,1-2H3,(H2,14,15)/b7-3+. The Kier molecular flexibility index (Phi) is 2.60. The second-order valence-corrected chi connectivity index (χ2v) is 5.21. The van der Waals surface area contributed by atoms with Crippen molar-refractivity contribution in [1.29, 1.82) is 0 Å². The molecule has 3 heterocycles. The van der Waals surface area contributed by atoms with Crippen LogP contribution in [-0.4, -0.2) is 14.5 Å². The highest BCUT2D eigenvalue weighted by Crippen LogP contribution is 2.32. The maximum Gasteiger partial charge on any atom is 0.275 e. The van der Waals surface area contributed by atoms with Gasteiger partial charge in [0.2, 0.25) is 0 Å². The maximum absolute atomic E-state index is 12.4. The topological polar surface area (TPSA) is 73.8 Å². The van der Waals surface area contributed by atoms with Gasteiger partial charge in [-0.25, -0.2) is 9.97 Å². The van der Waals surface area contributed by atoms with E-state index in [0.29, 0.717) is 15.9 Å². The Morgan fingerprint density at radius 1 is 1.47 bits per heavy atom. The van der Waals surface area contributed by atoms with E-state index in [1.807, 2.05) is 19.9 Å². The number of hydrogen-bond donors (Lipinski definition) is 1. The van der Waals surface area contributed by atoms with Gasteiger partial charge in [0.05, 0.1) is 10.9 Å². The highest BCUT2D eigenvalue weighted by molar-refractivity contribution is 7.25. The summed E-state index contributed by atoms with van der Waals surface area (Å²) >= 11 is 1.33. The van der Waals surface area contributed by atoms with Crippen molar-refractivity contribution in [2.75, 3.05) is 5.73 Å². The monoisotopic (exact) mass is 272 g/mol. The minimum Gasteiger partial charge on any atom is -0.398 e. The van der Waals surface area contributed by atoms with E-state index in [1.54, 1.807) is 18.6 Å². The summed E-state index contributed by atoms with van der Waals surface area (Å²) in [5, 5.41) is 0.768. The predicted octanol–water partition coefficient (Wildman–Crippen LogP) is 2.47. The maximum atomic E-state index is 12.4. The third kappa shape index (κ3) is 1.64. The number of fused-ring (bicyclic) bond motifs is 3. The number of anilines is 1. The Morgan fingerprint density at radius 2 is 2.26 bits per heavy atom. The second kappa shape index (κ2) is 4.17. The first-order chi connectivity index (χ1) is 9.13. The number of aromatic nitrogens is 3. The Balaban J connectivity index is 2.50. The summed E-state index contributed by atoms with van der Waals surface area (Å²) < 4.78 is 2.12. The molecule has 0 saturated carbocycles. The average molecular weight is 272 g/mol. The molecule has 3 rings (SSSR count). The molecule has 0 bridgehead atoms. The van der Waals surface area contributed by atoms with Gasteiger partial charge >= 0.3 is 0 Å². The van der Waals surface area contributed by atoms with E-state index in [4.69, 9.17) is 5.73 Å². The van der Waals surface area contributed by atoms with Crippen LogP contribution in [0.3, 0.4) is 0 Å². The summed E-state index contributed by atoms with van der Waals surface area (Å²) in [7, 11) is 0. The number of nitrogen functional groups attached to an aromatic ring is 1. The Labute approximate surface area is 113 Å². The molecule has 0 aliphatic carbocycles. The van der Waals surface area contributed by atoms with Gasteiger partial charge in [0, 0.05) is 17.6 Å². The Morgan fingerprint density at radius 3 is 3.00 bits per heavy atom. The third-order valence-corrected chi connectivity index (χ3v) is 4.19. The minimum atomic E-state index is -0.0806. The largest absolute Gasteiger partial charge is 0.398 e. The fraction of sp³-hybridized carbons (Fsp3) is 0.154. The van der Waals surface area contributed by atoms with Crippen molar-refractivity contribution >= 4 is 43.2 Å². The molecular formula is C13H12N4OS. The molecule has 3 aromatic heterocycles. The molecule has 3 aromatic rings. The number of thiophene rings is 1. The first-order valence-corrected chi connectivity index (χ1v) is 6.62. The van der Waals surface area contributed by atoms with Gasteiger partial charge in [0.15, 0.2) is 0 Å². The van der Waals surface area contributed by atoms with Crippen LogP contribution in [0.2, 0.25) is 0 Å². The molecule has 0 unspecified atom stereocenters. The zero-order chi connectivity index (χ0) is 13.6.